The highest BCUT2D eigenvalue weighted by Crippen LogP contribution is 2.10. The number of carbonyl (C=O) groups excluding carboxylic acids is 9. The van der Waals surface area contributed by atoms with E-state index in [0.29, 0.717) is 5.56 Å². The fourth-order valence-corrected chi connectivity index (χ4v) is 5.16. The van der Waals surface area contributed by atoms with Crippen molar-refractivity contribution in [2.75, 3.05) is 19.6 Å². The van der Waals surface area contributed by atoms with E-state index in [4.69, 9.17) is 5.73 Å². The average Bonchev–Trinajstić information content (AvgIpc) is 3.13. The van der Waals surface area contributed by atoms with Gasteiger partial charge in [-0.2, -0.15) is 0 Å². The molecule has 20 nitrogen and oxygen atoms in total. The van der Waals surface area contributed by atoms with Crippen LogP contribution in [-0.2, 0) is 54.4 Å². The normalized spacial score (nSPS) is 13.6. The fourth-order valence-electron chi connectivity index (χ4n) is 5.16. The number of hydrogen-bond acceptors (Lipinski definition) is 10. The minimum Gasteiger partial charge on any atom is -0.480 e. The number of amides is 9. The van der Waals surface area contributed by atoms with Gasteiger partial charge in [-0.1, -0.05) is 71.9 Å². The van der Waals surface area contributed by atoms with Crippen molar-refractivity contribution >= 4 is 59.1 Å². The number of benzene rings is 1. The van der Waals surface area contributed by atoms with E-state index in [1.54, 1.807) is 71.9 Å². The average molecular weight is 816 g/mol. The molecule has 0 aliphatic rings. The number of carboxylic acid groups (broad SMARTS) is 1. The van der Waals surface area contributed by atoms with Crippen LogP contribution >= 0.6 is 0 Å². The van der Waals surface area contributed by atoms with Gasteiger partial charge in [0.15, 0.2) is 0 Å². The van der Waals surface area contributed by atoms with E-state index >= 15 is 0 Å². The molecule has 320 valence electrons. The summed E-state index contributed by atoms with van der Waals surface area (Å²) in [5.74, 6) is -9.17. The Hall–Kier alpha value is -6.34. The van der Waals surface area contributed by atoms with Gasteiger partial charge in [0.2, 0.25) is 53.2 Å². The molecule has 11 N–H and O–H groups in total. The molecule has 1 aromatic carbocycles. The Balaban J connectivity index is 2.87. The highest BCUT2D eigenvalue weighted by atomic mass is 16.4. The molecule has 20 heteroatoms. The summed E-state index contributed by atoms with van der Waals surface area (Å²) in [4.78, 5) is 125. The largest absolute Gasteiger partial charge is 0.480 e. The maximum atomic E-state index is 13.5. The first-order valence-corrected chi connectivity index (χ1v) is 18.6. The standard InChI is InChI=1S/C38H57N9O11/c1-20(2)15-25(35(54)47-33(22(5)6)37(56)46-32(21(3)4)34(39)53)45-36(55)27(17-40-23(7)48)44-29(50)14-13-28(49)41-18-30(51)42-19-31(52)43-26(38(57)58)16-24-11-9-8-10-12-24/h8-14,20-22,25-27,32-33H,15-19H2,1-7H3,(H2,39,53)(H,40,48)(H,41,49)(H,42,51)(H,43,52)(H,44,50)(H,45,55)(H,46,56)(H,47,54)(H,57,58)/b14-13+/t25-,26-,27-,32-,33-/m0/s1. The molecular weight excluding hydrogens is 758 g/mol. The van der Waals surface area contributed by atoms with Gasteiger partial charge in [0.05, 0.1) is 13.1 Å². The lowest BCUT2D eigenvalue weighted by atomic mass is 9.98. The van der Waals surface area contributed by atoms with E-state index < -0.39 is 115 Å². The maximum Gasteiger partial charge on any atom is 0.326 e. The zero-order valence-electron chi connectivity index (χ0n) is 33.8. The lowest BCUT2D eigenvalue weighted by Crippen LogP contribution is -2.60. The van der Waals surface area contributed by atoms with Crippen LogP contribution in [0.3, 0.4) is 0 Å². The first kappa shape index (κ1) is 49.7. The zero-order valence-corrected chi connectivity index (χ0v) is 33.8. The second-order valence-corrected chi connectivity index (χ2v) is 14.5. The molecule has 58 heavy (non-hydrogen) atoms. The van der Waals surface area contributed by atoms with Gasteiger partial charge in [-0.05, 0) is 29.7 Å². The van der Waals surface area contributed by atoms with Gasteiger partial charge in [-0.3, -0.25) is 43.2 Å². The molecule has 0 aliphatic heterocycles. The molecule has 0 bridgehead atoms. The molecule has 0 saturated carbocycles. The van der Waals surface area contributed by atoms with Crippen molar-refractivity contribution in [3.8, 4) is 0 Å². The summed E-state index contributed by atoms with van der Waals surface area (Å²) < 4.78 is 0. The Morgan fingerprint density at radius 2 is 1.17 bits per heavy atom. The third kappa shape index (κ3) is 19.5. The Bertz CT molecular complexity index is 1670. The minimum atomic E-state index is -1.44. The summed E-state index contributed by atoms with van der Waals surface area (Å²) >= 11 is 0. The van der Waals surface area contributed by atoms with E-state index in [2.05, 4.69) is 42.5 Å². The number of carbonyl (C=O) groups is 10. The molecule has 5 atom stereocenters. The fraction of sp³-hybridized carbons (Fsp3) is 0.526. The SMILES string of the molecule is CC(=O)NC[C@H](NC(=O)/C=C/C(=O)NCC(=O)NCC(=O)N[C@@H](Cc1ccccc1)C(=O)O)C(=O)N[C@@H](CC(C)C)C(=O)N[C@H](C(=O)N[C@H](C(N)=O)C(C)C)C(C)C. The minimum absolute atomic E-state index is 0.0151. The summed E-state index contributed by atoms with van der Waals surface area (Å²) in [6.45, 7) is 9.89. The van der Waals surface area contributed by atoms with Crippen LogP contribution in [0.1, 0.15) is 60.5 Å². The van der Waals surface area contributed by atoms with Crippen molar-refractivity contribution in [1.29, 1.82) is 0 Å². The molecule has 0 fully saturated rings. The summed E-state index contributed by atoms with van der Waals surface area (Å²) in [6, 6.07) is 2.60. The molecule has 9 amide bonds. The topological polar surface area (TPSA) is 313 Å². The molecule has 0 aromatic heterocycles. The Kier molecular flexibility index (Phi) is 21.4. The van der Waals surface area contributed by atoms with Gasteiger partial charge in [0, 0.05) is 32.0 Å². The third-order valence-electron chi connectivity index (χ3n) is 8.22. The monoisotopic (exact) mass is 815 g/mol. The second kappa shape index (κ2) is 25.0. The number of aliphatic carboxylic acids is 1. The van der Waals surface area contributed by atoms with Crippen LogP contribution in [0, 0.1) is 17.8 Å². The summed E-state index contributed by atoms with van der Waals surface area (Å²) in [5, 5.41) is 28.7. The highest BCUT2D eigenvalue weighted by molar-refractivity contribution is 6.00. The van der Waals surface area contributed by atoms with E-state index in [9.17, 15) is 53.1 Å². The summed E-state index contributed by atoms with van der Waals surface area (Å²) in [7, 11) is 0. The molecule has 0 radical (unpaired) electrons. The van der Waals surface area contributed by atoms with Crippen molar-refractivity contribution in [2.24, 2.45) is 23.5 Å². The molecule has 0 spiro atoms. The van der Waals surface area contributed by atoms with Crippen LogP contribution < -0.4 is 48.3 Å². The van der Waals surface area contributed by atoms with E-state index in [1.807, 2.05) is 0 Å². The number of nitrogens with two attached hydrogens (primary N) is 1. The number of carboxylic acids is 1. The Morgan fingerprint density at radius 3 is 1.71 bits per heavy atom. The lowest BCUT2D eigenvalue weighted by molar-refractivity contribution is -0.141. The first-order chi connectivity index (χ1) is 27.1. The van der Waals surface area contributed by atoms with E-state index in [0.717, 1.165) is 12.2 Å². The van der Waals surface area contributed by atoms with Gasteiger partial charge < -0.3 is 53.4 Å². The Morgan fingerprint density at radius 1 is 0.621 bits per heavy atom. The van der Waals surface area contributed by atoms with Gasteiger partial charge in [0.25, 0.3) is 0 Å². The quantitative estimate of drug-likeness (QED) is 0.0487. The molecule has 1 aromatic rings. The number of primary amides is 1. The molecule has 0 aliphatic carbocycles. The molecule has 0 heterocycles. The zero-order chi connectivity index (χ0) is 44.1. The predicted molar refractivity (Wildman–Crippen MR) is 210 cm³/mol. The van der Waals surface area contributed by atoms with Gasteiger partial charge >= 0.3 is 5.97 Å². The van der Waals surface area contributed by atoms with Crippen molar-refractivity contribution in [2.45, 2.75) is 91.5 Å². The number of hydrogen-bond donors (Lipinski definition) is 10. The van der Waals surface area contributed by atoms with Crippen molar-refractivity contribution in [1.82, 2.24) is 42.5 Å². The van der Waals surface area contributed by atoms with Crippen LogP contribution in [0.4, 0.5) is 0 Å². The highest BCUT2D eigenvalue weighted by Gasteiger charge is 2.33. The maximum absolute atomic E-state index is 13.5. The van der Waals surface area contributed by atoms with Crippen molar-refractivity contribution in [3.63, 3.8) is 0 Å². The summed E-state index contributed by atoms with van der Waals surface area (Å²) in [5.41, 5.74) is 6.11. The van der Waals surface area contributed by atoms with E-state index in [1.165, 1.54) is 6.92 Å². The van der Waals surface area contributed by atoms with Crippen molar-refractivity contribution < 1.29 is 53.1 Å². The predicted octanol–water partition coefficient (Wildman–Crippen LogP) is -2.49. The molecule has 0 saturated heterocycles. The van der Waals surface area contributed by atoms with Gasteiger partial charge in [0.1, 0.15) is 30.2 Å². The summed E-state index contributed by atoms with van der Waals surface area (Å²) in [6.07, 6.45) is 1.64. The van der Waals surface area contributed by atoms with Crippen LogP contribution in [0.5, 0.6) is 0 Å². The Labute approximate surface area is 337 Å². The van der Waals surface area contributed by atoms with E-state index in [-0.39, 0.29) is 24.7 Å². The molecular formula is C38H57N9O11. The van der Waals surface area contributed by atoms with Crippen LogP contribution in [0.2, 0.25) is 0 Å². The van der Waals surface area contributed by atoms with Crippen LogP contribution in [0.25, 0.3) is 0 Å². The first-order valence-electron chi connectivity index (χ1n) is 18.6. The number of rotatable bonds is 24. The smallest absolute Gasteiger partial charge is 0.326 e. The number of nitrogens with one attached hydrogen (secondary N) is 8. The van der Waals surface area contributed by atoms with Gasteiger partial charge in [-0.25, -0.2) is 4.79 Å². The van der Waals surface area contributed by atoms with Crippen LogP contribution in [0.15, 0.2) is 42.5 Å². The second-order valence-electron chi connectivity index (χ2n) is 14.5. The molecule has 0 unspecified atom stereocenters. The lowest BCUT2D eigenvalue weighted by Gasteiger charge is -2.29. The third-order valence-corrected chi connectivity index (χ3v) is 8.22. The van der Waals surface area contributed by atoms with Crippen LogP contribution in [-0.4, -0.2) is 114 Å². The van der Waals surface area contributed by atoms with Gasteiger partial charge in [-0.15, -0.1) is 0 Å². The van der Waals surface area contributed by atoms with Crippen molar-refractivity contribution in [3.05, 3.63) is 48.0 Å². The molecule has 1 rings (SSSR count).